The monoisotopic (exact) mass is 304 g/mol. The number of carboxylic acids is 1. The van der Waals surface area contributed by atoms with E-state index in [0.717, 1.165) is 7.11 Å². The van der Waals surface area contributed by atoms with Gasteiger partial charge in [0.2, 0.25) is 5.91 Å². The van der Waals surface area contributed by atoms with Crippen molar-refractivity contribution in [1.29, 1.82) is 0 Å². The van der Waals surface area contributed by atoms with Gasteiger partial charge >= 0.3 is 17.9 Å². The Morgan fingerprint density at radius 3 is 2.10 bits per heavy atom. The molecule has 0 spiro atoms. The van der Waals surface area contributed by atoms with Gasteiger partial charge in [-0.05, 0) is 6.42 Å². The second kappa shape index (κ2) is 8.90. The number of esters is 2. The van der Waals surface area contributed by atoms with Crippen molar-refractivity contribution in [3.05, 3.63) is 0 Å². The number of nitrogens with one attached hydrogen (secondary N) is 1. The lowest BCUT2D eigenvalue weighted by atomic mass is 10.0. The third kappa shape index (κ3) is 6.70. The first kappa shape index (κ1) is 18.8. The van der Waals surface area contributed by atoms with Crippen molar-refractivity contribution >= 4 is 23.8 Å². The molecule has 9 nitrogen and oxygen atoms in total. The van der Waals surface area contributed by atoms with Gasteiger partial charge in [-0.25, -0.2) is 4.79 Å². The fraction of sp³-hybridized carbons (Fsp3) is 0.667. The molecule has 3 unspecified atom stereocenters. The molecule has 0 aliphatic rings. The van der Waals surface area contributed by atoms with Crippen molar-refractivity contribution in [2.75, 3.05) is 14.2 Å². The van der Waals surface area contributed by atoms with Crippen molar-refractivity contribution in [3.63, 3.8) is 0 Å². The van der Waals surface area contributed by atoms with Gasteiger partial charge in [0.25, 0.3) is 0 Å². The Bertz CT molecular complexity index is 410. The van der Waals surface area contributed by atoms with Crippen LogP contribution in [0.5, 0.6) is 0 Å². The van der Waals surface area contributed by atoms with Gasteiger partial charge in [0.15, 0.2) is 0 Å². The molecule has 120 valence electrons. The van der Waals surface area contributed by atoms with Crippen LogP contribution in [0.15, 0.2) is 0 Å². The van der Waals surface area contributed by atoms with Crippen LogP contribution < -0.4 is 11.1 Å². The maximum absolute atomic E-state index is 11.7. The molecule has 0 heterocycles. The first-order valence-electron chi connectivity index (χ1n) is 6.16. The van der Waals surface area contributed by atoms with Gasteiger partial charge in [0, 0.05) is 0 Å². The molecule has 0 aromatic carbocycles. The number of methoxy groups -OCH3 is 2. The first-order chi connectivity index (χ1) is 9.72. The zero-order valence-corrected chi connectivity index (χ0v) is 12.1. The third-order valence-corrected chi connectivity index (χ3v) is 2.73. The maximum Gasteiger partial charge on any atom is 0.328 e. The highest BCUT2D eigenvalue weighted by Crippen LogP contribution is 2.09. The molecule has 1 amide bonds. The fourth-order valence-corrected chi connectivity index (χ4v) is 1.57. The van der Waals surface area contributed by atoms with Crippen LogP contribution in [0.25, 0.3) is 0 Å². The second-order valence-electron chi connectivity index (χ2n) is 4.45. The summed E-state index contributed by atoms with van der Waals surface area (Å²) in [5.74, 6) is -4.02. The number of nitrogens with two attached hydrogens (primary N) is 1. The topological polar surface area (TPSA) is 145 Å². The number of ether oxygens (including phenoxy) is 2. The molecule has 21 heavy (non-hydrogen) atoms. The van der Waals surface area contributed by atoms with E-state index >= 15 is 0 Å². The molecule has 0 aromatic heterocycles. The Morgan fingerprint density at radius 1 is 1.14 bits per heavy atom. The van der Waals surface area contributed by atoms with Crippen molar-refractivity contribution in [3.8, 4) is 0 Å². The lowest BCUT2D eigenvalue weighted by molar-refractivity contribution is -0.149. The second-order valence-corrected chi connectivity index (χ2v) is 4.45. The van der Waals surface area contributed by atoms with Crippen molar-refractivity contribution in [2.45, 2.75) is 31.8 Å². The highest BCUT2D eigenvalue weighted by molar-refractivity contribution is 5.90. The molecule has 0 aromatic rings. The quantitative estimate of drug-likeness (QED) is 0.466. The average Bonchev–Trinajstić information content (AvgIpc) is 2.43. The van der Waals surface area contributed by atoms with Crippen LogP contribution >= 0.6 is 0 Å². The normalized spacial score (nSPS) is 14.5. The number of aliphatic carboxylic acids is 1. The molecule has 0 radical (unpaired) electrons. The SMILES string of the molecule is COC(=O)C(C)CC(NC(=O)C(N)CC(=O)O)C(=O)OC. The summed E-state index contributed by atoms with van der Waals surface area (Å²) in [4.78, 5) is 45.1. The largest absolute Gasteiger partial charge is 0.481 e. The Balaban J connectivity index is 4.77. The predicted molar refractivity (Wildman–Crippen MR) is 70.0 cm³/mol. The van der Waals surface area contributed by atoms with Gasteiger partial charge in [-0.3, -0.25) is 14.4 Å². The third-order valence-electron chi connectivity index (χ3n) is 2.73. The minimum absolute atomic E-state index is 0.0507. The van der Waals surface area contributed by atoms with Gasteiger partial charge < -0.3 is 25.6 Å². The van der Waals surface area contributed by atoms with Crippen LogP contribution in [-0.4, -0.2) is 55.2 Å². The molecular weight excluding hydrogens is 284 g/mol. The summed E-state index contributed by atoms with van der Waals surface area (Å²) in [6.07, 6.45) is -0.628. The van der Waals surface area contributed by atoms with E-state index in [1.54, 1.807) is 0 Å². The first-order valence-corrected chi connectivity index (χ1v) is 6.16. The van der Waals surface area contributed by atoms with Crippen LogP contribution in [0.1, 0.15) is 19.8 Å². The van der Waals surface area contributed by atoms with Gasteiger partial charge in [-0.15, -0.1) is 0 Å². The Morgan fingerprint density at radius 2 is 1.67 bits per heavy atom. The summed E-state index contributed by atoms with van der Waals surface area (Å²) < 4.78 is 9.05. The van der Waals surface area contributed by atoms with Gasteiger partial charge in [-0.1, -0.05) is 6.92 Å². The van der Waals surface area contributed by atoms with E-state index < -0.39 is 48.2 Å². The van der Waals surface area contributed by atoms with Crippen LogP contribution in [0.4, 0.5) is 0 Å². The highest BCUT2D eigenvalue weighted by Gasteiger charge is 2.29. The van der Waals surface area contributed by atoms with Gasteiger partial charge in [0.05, 0.1) is 32.6 Å². The fourth-order valence-electron chi connectivity index (χ4n) is 1.57. The van der Waals surface area contributed by atoms with Gasteiger partial charge in [-0.2, -0.15) is 0 Å². The zero-order valence-electron chi connectivity index (χ0n) is 12.1. The van der Waals surface area contributed by atoms with E-state index in [0.29, 0.717) is 0 Å². The summed E-state index contributed by atoms with van der Waals surface area (Å²) in [7, 11) is 2.33. The molecule has 0 aliphatic carbocycles. The lowest BCUT2D eigenvalue weighted by Gasteiger charge is -2.20. The molecule has 0 bridgehead atoms. The lowest BCUT2D eigenvalue weighted by Crippen LogP contribution is -2.50. The van der Waals surface area contributed by atoms with Crippen molar-refractivity contribution in [1.82, 2.24) is 5.32 Å². The van der Waals surface area contributed by atoms with E-state index in [2.05, 4.69) is 14.8 Å². The number of hydrogen-bond donors (Lipinski definition) is 3. The highest BCUT2D eigenvalue weighted by atomic mass is 16.5. The standard InChI is InChI=1S/C12H20N2O7/c1-6(11(18)20-2)4-8(12(19)21-3)14-10(17)7(13)5-9(15)16/h6-8H,4-5,13H2,1-3H3,(H,14,17)(H,15,16). The summed E-state index contributed by atoms with van der Waals surface area (Å²) in [6.45, 7) is 1.52. The molecule has 0 fully saturated rings. The minimum Gasteiger partial charge on any atom is -0.481 e. The maximum atomic E-state index is 11.7. The number of hydrogen-bond acceptors (Lipinski definition) is 7. The van der Waals surface area contributed by atoms with Crippen LogP contribution in [0, 0.1) is 5.92 Å². The van der Waals surface area contributed by atoms with Crippen LogP contribution in [0.3, 0.4) is 0 Å². The van der Waals surface area contributed by atoms with Crippen molar-refractivity contribution < 1.29 is 33.8 Å². The van der Waals surface area contributed by atoms with E-state index in [1.807, 2.05) is 0 Å². The molecule has 4 N–H and O–H groups in total. The van der Waals surface area contributed by atoms with E-state index in [9.17, 15) is 19.2 Å². The molecular formula is C12H20N2O7. The van der Waals surface area contributed by atoms with Crippen LogP contribution in [0.2, 0.25) is 0 Å². The number of carbonyl (C=O) groups is 4. The van der Waals surface area contributed by atoms with Crippen molar-refractivity contribution in [2.24, 2.45) is 11.7 Å². The number of carbonyl (C=O) groups excluding carboxylic acids is 3. The van der Waals surface area contributed by atoms with Crippen LogP contribution in [-0.2, 0) is 28.7 Å². The molecule has 0 rings (SSSR count). The predicted octanol–water partition coefficient (Wildman–Crippen LogP) is -1.35. The summed E-state index contributed by atoms with van der Waals surface area (Å²) in [5.41, 5.74) is 5.39. The summed E-state index contributed by atoms with van der Waals surface area (Å²) in [5, 5.41) is 10.8. The molecule has 0 aliphatic heterocycles. The van der Waals surface area contributed by atoms with E-state index in [-0.39, 0.29) is 6.42 Å². The molecule has 0 saturated heterocycles. The zero-order chi connectivity index (χ0) is 16.6. The van der Waals surface area contributed by atoms with E-state index in [4.69, 9.17) is 10.8 Å². The molecule has 3 atom stereocenters. The molecule has 0 saturated carbocycles. The number of rotatable bonds is 8. The molecule has 9 heteroatoms. The summed E-state index contributed by atoms with van der Waals surface area (Å²) in [6, 6.07) is -2.42. The smallest absolute Gasteiger partial charge is 0.328 e. The summed E-state index contributed by atoms with van der Waals surface area (Å²) >= 11 is 0. The Labute approximate surface area is 121 Å². The Kier molecular flexibility index (Phi) is 7.99. The minimum atomic E-state index is -1.30. The van der Waals surface area contributed by atoms with Gasteiger partial charge in [0.1, 0.15) is 6.04 Å². The Hall–Kier alpha value is -2.16. The average molecular weight is 304 g/mol. The number of carboxylic acid groups (broad SMARTS) is 1. The van der Waals surface area contributed by atoms with E-state index in [1.165, 1.54) is 14.0 Å². The number of amides is 1.